The van der Waals surface area contributed by atoms with Gasteiger partial charge in [0, 0.05) is 29.9 Å². The van der Waals surface area contributed by atoms with Crippen LogP contribution >= 0.6 is 0 Å². The Morgan fingerprint density at radius 1 is 1.03 bits per heavy atom. The van der Waals surface area contributed by atoms with E-state index in [4.69, 9.17) is 11.7 Å². The highest BCUT2D eigenvalue weighted by molar-refractivity contribution is 6.08. The van der Waals surface area contributed by atoms with E-state index in [0.717, 1.165) is 48.9 Å². The number of hydrazine groups is 1. The summed E-state index contributed by atoms with van der Waals surface area (Å²) in [6, 6.07) is 8.76. The van der Waals surface area contributed by atoms with Crippen molar-refractivity contribution >= 4 is 12.1 Å². The van der Waals surface area contributed by atoms with Crippen molar-refractivity contribution in [2.45, 2.75) is 18.0 Å². The van der Waals surface area contributed by atoms with Crippen molar-refractivity contribution in [3.05, 3.63) is 94.8 Å². The van der Waals surface area contributed by atoms with Crippen LogP contribution in [-0.2, 0) is 5.92 Å². The van der Waals surface area contributed by atoms with Crippen molar-refractivity contribution in [2.75, 3.05) is 13.2 Å². The summed E-state index contributed by atoms with van der Waals surface area (Å²) in [5, 5.41) is 3.82. The molecule has 2 aromatic carbocycles. The topological polar surface area (TPSA) is 107 Å². The molecule has 202 valence electrons. The average molecular weight is 543 g/mol. The van der Waals surface area contributed by atoms with Crippen LogP contribution in [0.15, 0.2) is 65.9 Å². The molecule has 0 aliphatic carbocycles. The van der Waals surface area contributed by atoms with Gasteiger partial charge in [-0.15, -0.1) is 0 Å². The Morgan fingerprint density at radius 2 is 1.68 bits per heavy atom. The van der Waals surface area contributed by atoms with E-state index >= 15 is 8.78 Å². The predicted octanol–water partition coefficient (Wildman–Crippen LogP) is 4.49. The minimum Gasteiger partial charge on any atom is -0.484 e. The van der Waals surface area contributed by atoms with Gasteiger partial charge in [-0.3, -0.25) is 14.8 Å². The normalized spacial score (nSPS) is 12.9. The average Bonchev–Trinajstić information content (AvgIpc) is 2.86. The molecule has 1 unspecified atom stereocenters. The Labute approximate surface area is 211 Å². The van der Waals surface area contributed by atoms with E-state index in [0.29, 0.717) is 11.1 Å². The fourth-order valence-electron chi connectivity index (χ4n) is 3.47. The van der Waals surface area contributed by atoms with Crippen molar-refractivity contribution in [3.63, 3.8) is 0 Å². The molecule has 0 fully saturated rings. The highest BCUT2D eigenvalue weighted by Crippen LogP contribution is 2.42. The molecule has 1 aromatic heterocycles. The first-order valence-electron chi connectivity index (χ1n) is 10.7. The van der Waals surface area contributed by atoms with E-state index < -0.39 is 59.8 Å². The second kappa shape index (κ2) is 11.5. The van der Waals surface area contributed by atoms with Crippen molar-refractivity contribution in [3.8, 4) is 5.75 Å². The summed E-state index contributed by atoms with van der Waals surface area (Å²) in [6.45, 7) is -2.20. The Bertz CT molecular complexity index is 1280. The highest BCUT2D eigenvalue weighted by atomic mass is 19.4. The van der Waals surface area contributed by atoms with Crippen molar-refractivity contribution in [2.24, 2.45) is 16.8 Å². The number of halogens is 7. The van der Waals surface area contributed by atoms with Gasteiger partial charge in [-0.25, -0.2) is 14.6 Å². The van der Waals surface area contributed by atoms with E-state index in [1.807, 2.05) is 0 Å². The molecule has 0 spiro atoms. The lowest BCUT2D eigenvalue weighted by Crippen LogP contribution is -2.40. The zero-order valence-electron chi connectivity index (χ0n) is 19.3. The van der Waals surface area contributed by atoms with Crippen LogP contribution in [0.25, 0.3) is 0 Å². The zero-order chi connectivity index (χ0) is 28.1. The van der Waals surface area contributed by atoms with E-state index in [1.165, 1.54) is 12.1 Å². The van der Waals surface area contributed by atoms with Gasteiger partial charge in [-0.2, -0.15) is 27.1 Å². The number of ketones is 1. The molecule has 3 aromatic rings. The van der Waals surface area contributed by atoms with E-state index in [2.05, 4.69) is 14.8 Å². The van der Waals surface area contributed by atoms with E-state index in [9.17, 15) is 26.7 Å². The number of hydrogen-bond acceptors (Lipinski definition) is 6. The first-order valence-corrected chi connectivity index (χ1v) is 10.7. The molecular weight excluding hydrogens is 523 g/mol. The molecule has 1 heterocycles. The number of pyridine rings is 1. The summed E-state index contributed by atoms with van der Waals surface area (Å²) in [5.74, 6) is 1.78. The molecule has 0 aliphatic rings. The van der Waals surface area contributed by atoms with E-state index in [1.54, 1.807) is 0 Å². The van der Waals surface area contributed by atoms with Gasteiger partial charge in [0.1, 0.15) is 29.4 Å². The number of carbonyl (C=O) groups excluding carboxylic acids is 1. The second-order valence-corrected chi connectivity index (χ2v) is 7.99. The SMILES string of the molecule is N/N=C\N(N)CC(c1ccc(F)cc1F)C(F)(F)c1ccc(C(=O)c2ccc(OCC(F)(F)F)cc2)cn1. The number of nitrogens with zero attached hydrogens (tertiary/aromatic N) is 3. The van der Waals surface area contributed by atoms with Gasteiger partial charge in [-0.1, -0.05) is 6.07 Å². The number of rotatable bonds is 10. The van der Waals surface area contributed by atoms with Crippen molar-refractivity contribution in [1.82, 2.24) is 9.99 Å². The summed E-state index contributed by atoms with van der Waals surface area (Å²) < 4.78 is 100. The Kier molecular flexibility index (Phi) is 8.56. The molecule has 0 bridgehead atoms. The van der Waals surface area contributed by atoms with Gasteiger partial charge in [0.05, 0.1) is 5.92 Å². The van der Waals surface area contributed by atoms with Gasteiger partial charge in [-0.05, 0) is 48.0 Å². The lowest BCUT2D eigenvalue weighted by molar-refractivity contribution is -0.153. The molecule has 1 atom stereocenters. The number of aromatic nitrogens is 1. The Balaban J connectivity index is 1.85. The largest absolute Gasteiger partial charge is 0.484 e. The number of hydrazone groups is 1. The van der Waals surface area contributed by atoms with Crippen LogP contribution in [0.4, 0.5) is 30.7 Å². The Morgan fingerprint density at radius 3 is 2.24 bits per heavy atom. The van der Waals surface area contributed by atoms with Crippen LogP contribution in [-0.4, -0.2) is 41.4 Å². The molecule has 0 radical (unpaired) electrons. The molecule has 0 saturated carbocycles. The first-order chi connectivity index (χ1) is 17.8. The van der Waals surface area contributed by atoms with Gasteiger partial charge in [0.2, 0.25) is 0 Å². The van der Waals surface area contributed by atoms with Crippen LogP contribution in [0.2, 0.25) is 0 Å². The van der Waals surface area contributed by atoms with E-state index in [-0.39, 0.29) is 16.9 Å². The zero-order valence-corrected chi connectivity index (χ0v) is 19.3. The smallest absolute Gasteiger partial charge is 0.422 e. The van der Waals surface area contributed by atoms with Crippen molar-refractivity contribution in [1.29, 1.82) is 0 Å². The van der Waals surface area contributed by atoms with Gasteiger partial charge < -0.3 is 10.6 Å². The third-order valence-corrected chi connectivity index (χ3v) is 5.27. The van der Waals surface area contributed by atoms with Crippen molar-refractivity contribution < 1.29 is 40.3 Å². The van der Waals surface area contributed by atoms with Crippen LogP contribution in [0.3, 0.4) is 0 Å². The molecule has 14 heteroatoms. The second-order valence-electron chi connectivity index (χ2n) is 7.99. The van der Waals surface area contributed by atoms with Crippen LogP contribution in [0.1, 0.15) is 33.1 Å². The number of alkyl halides is 5. The summed E-state index contributed by atoms with van der Waals surface area (Å²) in [5.41, 5.74) is -1.45. The molecule has 0 amide bonds. The number of benzene rings is 2. The fraction of sp³-hybridized carbons (Fsp3) is 0.208. The molecule has 0 saturated heterocycles. The molecule has 4 N–H and O–H groups in total. The number of ether oxygens (including phenoxy) is 1. The summed E-state index contributed by atoms with van der Waals surface area (Å²) in [4.78, 5) is 16.4. The molecule has 7 nitrogen and oxygen atoms in total. The minimum atomic E-state index is -4.54. The van der Waals surface area contributed by atoms with Gasteiger partial charge >= 0.3 is 6.18 Å². The third kappa shape index (κ3) is 6.97. The number of carbonyl (C=O) groups is 1. The number of hydrogen-bond donors (Lipinski definition) is 2. The summed E-state index contributed by atoms with van der Waals surface area (Å²) >= 11 is 0. The standard InChI is InChI=1S/C24H20F7N5O2/c25-16-4-7-18(20(26)9-16)19(11-36(33)13-35-32)24(30,31)21-8-3-15(10-34-21)22(37)14-1-5-17(6-2-14)38-12-23(27,28)29/h1-10,13,19H,11-12,32-33H2/b35-13-. The van der Waals surface area contributed by atoms with Gasteiger partial charge in [0.25, 0.3) is 5.92 Å². The molecule has 38 heavy (non-hydrogen) atoms. The third-order valence-electron chi connectivity index (χ3n) is 5.27. The number of nitrogens with two attached hydrogens (primary N) is 2. The fourth-order valence-corrected chi connectivity index (χ4v) is 3.47. The maximum Gasteiger partial charge on any atom is 0.422 e. The quantitative estimate of drug-likeness (QED) is 0.0975. The van der Waals surface area contributed by atoms with Crippen LogP contribution in [0, 0.1) is 11.6 Å². The summed E-state index contributed by atoms with van der Waals surface area (Å²) in [6.07, 6.45) is -2.83. The minimum absolute atomic E-state index is 0.0387. The lowest BCUT2D eigenvalue weighted by atomic mass is 9.89. The predicted molar refractivity (Wildman–Crippen MR) is 122 cm³/mol. The monoisotopic (exact) mass is 543 g/mol. The molecular formula is C24H20F7N5O2. The van der Waals surface area contributed by atoms with Crippen LogP contribution in [0.5, 0.6) is 5.75 Å². The lowest BCUT2D eigenvalue weighted by Gasteiger charge is -2.29. The molecule has 3 rings (SSSR count). The first kappa shape index (κ1) is 28.4. The maximum absolute atomic E-state index is 15.6. The molecule has 0 aliphatic heterocycles. The Hall–Kier alpha value is -4.20. The summed E-state index contributed by atoms with van der Waals surface area (Å²) in [7, 11) is 0. The highest BCUT2D eigenvalue weighted by Gasteiger charge is 2.45. The van der Waals surface area contributed by atoms with Gasteiger partial charge in [0.15, 0.2) is 12.4 Å². The van der Waals surface area contributed by atoms with Crippen LogP contribution < -0.4 is 16.4 Å². The maximum atomic E-state index is 15.6.